The lowest BCUT2D eigenvalue weighted by Gasteiger charge is -2.59. The van der Waals surface area contributed by atoms with Gasteiger partial charge in [-0.05, 0) is 80.2 Å². The Morgan fingerprint density at radius 1 is 1.08 bits per heavy atom. The van der Waals surface area contributed by atoms with E-state index in [4.69, 9.17) is 24.2 Å². The van der Waals surface area contributed by atoms with Crippen molar-refractivity contribution >= 4 is 11.8 Å². The zero-order chi connectivity index (χ0) is 35.5. The summed E-state index contributed by atoms with van der Waals surface area (Å²) in [6.07, 6.45) is 9.21. The van der Waals surface area contributed by atoms with Crippen LogP contribution in [-0.4, -0.2) is 76.8 Å². The van der Waals surface area contributed by atoms with Crippen molar-refractivity contribution in [2.75, 3.05) is 33.0 Å². The maximum atomic E-state index is 13.8. The van der Waals surface area contributed by atoms with Crippen LogP contribution in [0.15, 0.2) is 78.0 Å². The Morgan fingerprint density at radius 2 is 1.84 bits per heavy atom. The fourth-order valence-electron chi connectivity index (χ4n) is 8.24. The second-order valence-corrected chi connectivity index (χ2v) is 13.4. The van der Waals surface area contributed by atoms with Crippen LogP contribution in [0.3, 0.4) is 0 Å². The highest BCUT2D eigenvalue weighted by atomic mass is 16.7. The van der Waals surface area contributed by atoms with Gasteiger partial charge in [0.25, 0.3) is 0 Å². The fourth-order valence-corrected chi connectivity index (χ4v) is 8.24. The van der Waals surface area contributed by atoms with E-state index < -0.39 is 23.8 Å². The third-order valence-electron chi connectivity index (χ3n) is 10.2. The zero-order valence-corrected chi connectivity index (χ0v) is 29.5. The summed E-state index contributed by atoms with van der Waals surface area (Å²) in [6.45, 7) is 9.08. The Kier molecular flexibility index (Phi) is 13.4. The van der Waals surface area contributed by atoms with Gasteiger partial charge in [-0.25, -0.2) is 4.79 Å². The Balaban J connectivity index is 1.74. The minimum atomic E-state index is -1.35. The van der Waals surface area contributed by atoms with Gasteiger partial charge in [-0.3, -0.25) is 4.90 Å². The molecule has 50 heavy (non-hydrogen) atoms. The van der Waals surface area contributed by atoms with E-state index in [-0.39, 0.29) is 56.5 Å². The first-order valence-corrected chi connectivity index (χ1v) is 18.3. The van der Waals surface area contributed by atoms with Gasteiger partial charge in [-0.15, -0.1) is 6.58 Å². The largest absolute Gasteiger partial charge is 0.508 e. The van der Waals surface area contributed by atoms with E-state index in [1.165, 1.54) is 0 Å². The number of aliphatic hydroxyl groups excluding tert-OH is 2. The number of rotatable bonds is 18. The Morgan fingerprint density at radius 3 is 2.54 bits per heavy atom. The molecule has 0 bridgehead atoms. The van der Waals surface area contributed by atoms with Gasteiger partial charge in [0.1, 0.15) is 24.1 Å². The number of nitrogens with zero attached hydrogens (tertiary/aromatic N) is 2. The van der Waals surface area contributed by atoms with E-state index in [0.29, 0.717) is 38.0 Å². The molecule has 272 valence electrons. The minimum absolute atomic E-state index is 0.0811. The molecule has 2 aliphatic carbocycles. The molecule has 2 aromatic rings. The SMILES string of the molecule is C=CCOC12Oc3ccc(O)cc3C3C(CCCCO)C(CCCCO)C=C(C(=NOCc4ccccc4)CC1N(CCC)C(=O)OCC)C32. The second-order valence-electron chi connectivity index (χ2n) is 13.4. The first-order valence-electron chi connectivity index (χ1n) is 18.3. The fraction of sp³-hybridized carbons (Fsp3) is 0.550. The van der Waals surface area contributed by atoms with Gasteiger partial charge in [-0.2, -0.15) is 0 Å². The summed E-state index contributed by atoms with van der Waals surface area (Å²) in [5.41, 5.74) is 3.53. The molecule has 0 aromatic heterocycles. The first kappa shape index (κ1) is 37.4. The number of unbranched alkanes of at least 4 members (excludes halogenated alkanes) is 2. The number of hydrogen-bond donors (Lipinski definition) is 3. The molecule has 1 fully saturated rings. The highest BCUT2D eigenvalue weighted by molar-refractivity contribution is 6.02. The van der Waals surface area contributed by atoms with E-state index in [2.05, 4.69) is 12.7 Å². The topological polar surface area (TPSA) is 130 Å². The molecule has 5 rings (SSSR count). The lowest BCUT2D eigenvalue weighted by atomic mass is 9.55. The number of aromatic hydroxyl groups is 1. The number of fused-ring (bicyclic) bond motifs is 2. The van der Waals surface area contributed by atoms with Gasteiger partial charge < -0.3 is 34.4 Å². The van der Waals surface area contributed by atoms with Gasteiger partial charge in [0.15, 0.2) is 0 Å². The van der Waals surface area contributed by atoms with Crippen LogP contribution in [0.2, 0.25) is 0 Å². The predicted octanol–water partition coefficient (Wildman–Crippen LogP) is 7.09. The average Bonchev–Trinajstić information content (AvgIpc) is 3.12. The molecule has 3 N–H and O–H groups in total. The number of carbonyl (C=O) groups is 1. The van der Waals surface area contributed by atoms with E-state index in [1.807, 2.05) is 37.3 Å². The number of hydrogen-bond acceptors (Lipinski definition) is 9. The zero-order valence-electron chi connectivity index (χ0n) is 29.5. The lowest BCUT2D eigenvalue weighted by Crippen LogP contribution is -2.70. The first-order chi connectivity index (χ1) is 24.4. The second kappa shape index (κ2) is 17.9. The van der Waals surface area contributed by atoms with Crippen molar-refractivity contribution < 1.29 is 39.2 Å². The van der Waals surface area contributed by atoms with Crippen molar-refractivity contribution in [3.63, 3.8) is 0 Å². The number of phenolic OH excluding ortho intramolecular Hbond substituents is 1. The molecule has 0 radical (unpaired) electrons. The summed E-state index contributed by atoms with van der Waals surface area (Å²) in [7, 11) is 0. The van der Waals surface area contributed by atoms with Gasteiger partial charge in [-0.1, -0.05) is 67.4 Å². The molecule has 1 heterocycles. The molecule has 3 aliphatic rings. The Hall–Kier alpha value is -3.86. The molecular formula is C40H54N2O8. The van der Waals surface area contributed by atoms with Crippen LogP contribution >= 0.6 is 0 Å². The highest BCUT2D eigenvalue weighted by Gasteiger charge is 2.65. The predicted molar refractivity (Wildman–Crippen MR) is 192 cm³/mol. The van der Waals surface area contributed by atoms with Crippen molar-refractivity contribution in [1.82, 2.24) is 4.90 Å². The van der Waals surface area contributed by atoms with E-state index >= 15 is 0 Å². The summed E-state index contributed by atoms with van der Waals surface area (Å²) in [5.74, 6) is -1.05. The number of carbonyl (C=O) groups excluding carboxylic acids is 1. The third-order valence-corrected chi connectivity index (χ3v) is 10.2. The number of aliphatic hydroxyl groups is 2. The Bertz CT molecular complexity index is 1480. The molecule has 10 nitrogen and oxygen atoms in total. The van der Waals surface area contributed by atoms with Crippen molar-refractivity contribution in [1.29, 1.82) is 0 Å². The van der Waals surface area contributed by atoms with Crippen LogP contribution in [0.5, 0.6) is 11.5 Å². The summed E-state index contributed by atoms with van der Waals surface area (Å²) in [6, 6.07) is 14.4. The maximum absolute atomic E-state index is 13.8. The van der Waals surface area contributed by atoms with Crippen molar-refractivity contribution in [3.8, 4) is 11.5 Å². The number of benzene rings is 2. The molecule has 1 amide bonds. The third kappa shape index (κ3) is 8.03. The van der Waals surface area contributed by atoms with Gasteiger partial charge in [0, 0.05) is 37.7 Å². The van der Waals surface area contributed by atoms with Crippen LogP contribution in [0.1, 0.15) is 82.3 Å². The van der Waals surface area contributed by atoms with Crippen LogP contribution in [0.4, 0.5) is 4.79 Å². The molecule has 0 saturated heterocycles. The Labute approximate surface area is 296 Å². The molecule has 6 unspecified atom stereocenters. The number of allylic oxidation sites excluding steroid dienone is 1. The molecule has 0 spiro atoms. The summed E-state index contributed by atoms with van der Waals surface area (Å²) in [5, 5.41) is 35.1. The van der Waals surface area contributed by atoms with Crippen LogP contribution < -0.4 is 4.74 Å². The van der Waals surface area contributed by atoms with E-state index in [1.54, 1.807) is 36.1 Å². The monoisotopic (exact) mass is 690 g/mol. The van der Waals surface area contributed by atoms with Gasteiger partial charge in [0.2, 0.25) is 5.79 Å². The summed E-state index contributed by atoms with van der Waals surface area (Å²) in [4.78, 5) is 21.6. The lowest BCUT2D eigenvalue weighted by molar-refractivity contribution is -0.255. The normalized spacial score (nSPS) is 25.9. The van der Waals surface area contributed by atoms with Gasteiger partial charge in [0.05, 0.1) is 24.8 Å². The summed E-state index contributed by atoms with van der Waals surface area (Å²) >= 11 is 0. The molecule has 1 saturated carbocycles. The molecule has 6 atom stereocenters. The van der Waals surface area contributed by atoms with Crippen molar-refractivity contribution in [3.05, 3.63) is 84.0 Å². The van der Waals surface area contributed by atoms with Crippen molar-refractivity contribution in [2.45, 2.75) is 89.6 Å². The number of amides is 1. The van der Waals surface area contributed by atoms with Crippen LogP contribution in [-0.2, 0) is 20.9 Å². The maximum Gasteiger partial charge on any atom is 0.410 e. The van der Waals surface area contributed by atoms with Crippen LogP contribution in [0, 0.1) is 17.8 Å². The van der Waals surface area contributed by atoms with Crippen LogP contribution in [0.25, 0.3) is 0 Å². The average molecular weight is 691 g/mol. The van der Waals surface area contributed by atoms with E-state index in [0.717, 1.165) is 48.1 Å². The van der Waals surface area contributed by atoms with E-state index in [9.17, 15) is 20.1 Å². The molecule has 10 heteroatoms. The van der Waals surface area contributed by atoms with Gasteiger partial charge >= 0.3 is 6.09 Å². The number of phenols is 1. The van der Waals surface area contributed by atoms with Crippen molar-refractivity contribution in [2.24, 2.45) is 22.9 Å². The number of oxime groups is 1. The minimum Gasteiger partial charge on any atom is -0.508 e. The molecule has 2 aromatic carbocycles. The standard InChI is InChI=1S/C40H54N2O8/c1-4-20-42(39(46)47-6-3)36-26-34(41-49-27-28-14-8-7-9-15-28)32-24-29(16-10-12-21-43)31(17-11-13-22-44)37-33-25-30(45)18-19-35(33)50-40(36,38(32)37)48-23-5-2/h5,7-9,14-15,18-19,24-25,29,31,36-38,43-45H,2,4,6,10-13,16-17,20-23,26-27H2,1,3H3. The highest BCUT2D eigenvalue weighted by Crippen LogP contribution is 2.61. The molecular weight excluding hydrogens is 636 g/mol. The molecule has 1 aliphatic heterocycles. The smallest absolute Gasteiger partial charge is 0.410 e. The quantitative estimate of drug-likeness (QED) is 0.0859. The summed E-state index contributed by atoms with van der Waals surface area (Å²) < 4.78 is 19.6. The number of ether oxygens (including phenoxy) is 3.